The molecule has 8 nitrogen and oxygen atoms in total. The Bertz CT molecular complexity index is 958. The van der Waals surface area contributed by atoms with Crippen LogP contribution in [-0.4, -0.2) is 39.4 Å². The number of carbonyl (C=O) groups is 2. The molecule has 0 amide bonds. The first-order chi connectivity index (χ1) is 14.5. The Morgan fingerprint density at radius 2 is 1.70 bits per heavy atom. The van der Waals surface area contributed by atoms with Crippen molar-refractivity contribution >= 4 is 18.0 Å². The van der Waals surface area contributed by atoms with Gasteiger partial charge in [-0.3, -0.25) is 0 Å². The average molecular weight is 411 g/mol. The van der Waals surface area contributed by atoms with Gasteiger partial charge in [-0.1, -0.05) is 6.07 Å². The molecule has 156 valence electrons. The highest BCUT2D eigenvalue weighted by atomic mass is 16.6. The highest BCUT2D eigenvalue weighted by Gasteiger charge is 2.14. The summed E-state index contributed by atoms with van der Waals surface area (Å²) in [7, 11) is 2.96. The summed E-state index contributed by atoms with van der Waals surface area (Å²) in [4.78, 5) is 23.8. The van der Waals surface area contributed by atoms with E-state index >= 15 is 0 Å². The first kappa shape index (κ1) is 22.3. The van der Waals surface area contributed by atoms with Crippen LogP contribution in [0.3, 0.4) is 0 Å². The van der Waals surface area contributed by atoms with E-state index in [2.05, 4.69) is 0 Å². The number of ether oxygens (including phenoxy) is 5. The third-order valence-electron chi connectivity index (χ3n) is 3.75. The van der Waals surface area contributed by atoms with Crippen molar-refractivity contribution in [3.63, 3.8) is 0 Å². The monoisotopic (exact) mass is 411 g/mol. The van der Waals surface area contributed by atoms with Crippen LogP contribution >= 0.6 is 0 Å². The number of nitrogens with zero attached hydrogens (tertiary/aromatic N) is 1. The molecule has 2 rings (SSSR count). The van der Waals surface area contributed by atoms with Gasteiger partial charge in [0, 0.05) is 0 Å². The van der Waals surface area contributed by atoms with Crippen molar-refractivity contribution in [1.29, 1.82) is 5.26 Å². The molecule has 0 radical (unpaired) electrons. The van der Waals surface area contributed by atoms with Crippen molar-refractivity contribution in [2.45, 2.75) is 6.92 Å². The Labute approximate surface area is 174 Å². The molecule has 30 heavy (non-hydrogen) atoms. The van der Waals surface area contributed by atoms with Gasteiger partial charge in [-0.25, -0.2) is 9.59 Å². The number of benzene rings is 2. The Hall–Kier alpha value is -3.99. The molecule has 0 heterocycles. The van der Waals surface area contributed by atoms with Crippen LogP contribution < -0.4 is 18.9 Å². The molecular formula is C22H21NO7. The van der Waals surface area contributed by atoms with Crippen molar-refractivity contribution in [3.8, 4) is 29.1 Å². The van der Waals surface area contributed by atoms with Gasteiger partial charge in [0.25, 0.3) is 0 Å². The number of hydrogen-bond donors (Lipinski definition) is 0. The third-order valence-corrected chi connectivity index (χ3v) is 3.75. The molecule has 0 aliphatic rings. The van der Waals surface area contributed by atoms with Crippen LogP contribution in [0.1, 0.15) is 12.5 Å². The van der Waals surface area contributed by atoms with Gasteiger partial charge in [0.2, 0.25) is 0 Å². The molecule has 0 aliphatic heterocycles. The van der Waals surface area contributed by atoms with Crippen molar-refractivity contribution in [3.05, 3.63) is 53.6 Å². The van der Waals surface area contributed by atoms with E-state index in [-0.39, 0.29) is 30.3 Å². The van der Waals surface area contributed by atoms with Crippen molar-refractivity contribution < 1.29 is 33.3 Å². The van der Waals surface area contributed by atoms with Gasteiger partial charge in [0.1, 0.15) is 23.1 Å². The molecule has 0 unspecified atom stereocenters. The molecule has 0 saturated carbocycles. The molecule has 8 heteroatoms. The third kappa shape index (κ3) is 6.27. The normalized spacial score (nSPS) is 10.5. The maximum atomic E-state index is 12.1. The van der Waals surface area contributed by atoms with Gasteiger partial charge >= 0.3 is 11.9 Å². The molecule has 0 spiro atoms. The molecule has 0 saturated heterocycles. The van der Waals surface area contributed by atoms with E-state index in [1.54, 1.807) is 50.4 Å². The van der Waals surface area contributed by atoms with E-state index in [4.69, 9.17) is 28.9 Å². The van der Waals surface area contributed by atoms with Crippen molar-refractivity contribution in [2.24, 2.45) is 0 Å². The fourth-order valence-electron chi connectivity index (χ4n) is 2.34. The number of methoxy groups -OCH3 is 2. The molecule has 0 aliphatic carbocycles. The second-order valence-electron chi connectivity index (χ2n) is 5.74. The summed E-state index contributed by atoms with van der Waals surface area (Å²) in [6.07, 6.45) is 1.36. The van der Waals surface area contributed by atoms with E-state index in [0.717, 1.165) is 0 Å². The summed E-state index contributed by atoms with van der Waals surface area (Å²) < 4.78 is 25.8. The quantitative estimate of drug-likeness (QED) is 0.268. The van der Waals surface area contributed by atoms with Crippen LogP contribution in [0.5, 0.6) is 23.0 Å². The van der Waals surface area contributed by atoms with Gasteiger partial charge in [0.15, 0.2) is 18.1 Å². The second-order valence-corrected chi connectivity index (χ2v) is 5.74. The standard InChI is InChI=1S/C22H21NO7/c1-4-28-22(25)16(13-23)11-15-5-10-19(20(12-15)27-3)30-21(24)14-29-18-8-6-17(26-2)7-9-18/h5-12H,4,14H2,1-3H3/b16-11+. The summed E-state index contributed by atoms with van der Waals surface area (Å²) in [5, 5.41) is 9.13. The van der Waals surface area contributed by atoms with Gasteiger partial charge < -0.3 is 23.7 Å². The van der Waals surface area contributed by atoms with Gasteiger partial charge in [0.05, 0.1) is 20.8 Å². The SMILES string of the molecule is CCOC(=O)/C(C#N)=C/c1ccc(OC(=O)COc2ccc(OC)cc2)c(OC)c1. The summed E-state index contributed by atoms with van der Waals surface area (Å²) in [5.41, 5.74) is 0.349. The molecular weight excluding hydrogens is 390 g/mol. The lowest BCUT2D eigenvalue weighted by Crippen LogP contribution is -2.18. The van der Waals surface area contributed by atoms with Crippen molar-refractivity contribution in [1.82, 2.24) is 0 Å². The lowest BCUT2D eigenvalue weighted by molar-refractivity contribution is -0.138. The number of carbonyl (C=O) groups excluding carboxylic acids is 2. The minimum Gasteiger partial charge on any atom is -0.497 e. The molecule has 0 bridgehead atoms. The second kappa shape index (κ2) is 11.1. The van der Waals surface area contributed by atoms with E-state index in [0.29, 0.717) is 17.1 Å². The zero-order valence-corrected chi connectivity index (χ0v) is 16.8. The Kier molecular flexibility index (Phi) is 8.27. The average Bonchev–Trinajstić information content (AvgIpc) is 2.77. The zero-order valence-electron chi connectivity index (χ0n) is 16.8. The van der Waals surface area contributed by atoms with Gasteiger partial charge in [-0.15, -0.1) is 0 Å². The molecule has 0 N–H and O–H groups in total. The number of hydrogen-bond acceptors (Lipinski definition) is 8. The maximum Gasteiger partial charge on any atom is 0.349 e. The highest BCUT2D eigenvalue weighted by Crippen LogP contribution is 2.29. The van der Waals surface area contributed by atoms with E-state index in [1.165, 1.54) is 25.3 Å². The maximum absolute atomic E-state index is 12.1. The smallest absolute Gasteiger partial charge is 0.349 e. The van der Waals surface area contributed by atoms with Crippen LogP contribution in [-0.2, 0) is 14.3 Å². The largest absolute Gasteiger partial charge is 0.497 e. The minimum atomic E-state index is -0.717. The lowest BCUT2D eigenvalue weighted by Gasteiger charge is -2.11. The predicted octanol–water partition coefficient (Wildman–Crippen LogP) is 3.16. The highest BCUT2D eigenvalue weighted by molar-refractivity contribution is 5.98. The van der Waals surface area contributed by atoms with Crippen molar-refractivity contribution in [2.75, 3.05) is 27.4 Å². The van der Waals surface area contributed by atoms with Gasteiger partial charge in [-0.2, -0.15) is 5.26 Å². The van der Waals surface area contributed by atoms with Crippen LogP contribution in [0, 0.1) is 11.3 Å². The Balaban J connectivity index is 2.05. The summed E-state index contributed by atoms with van der Waals surface area (Å²) in [6, 6.07) is 13.2. The predicted molar refractivity (Wildman–Crippen MR) is 107 cm³/mol. The minimum absolute atomic E-state index is 0.156. The Morgan fingerprint density at radius 3 is 2.30 bits per heavy atom. The molecule has 2 aromatic carbocycles. The summed E-state index contributed by atoms with van der Waals surface area (Å²) >= 11 is 0. The Morgan fingerprint density at radius 1 is 1.00 bits per heavy atom. The van der Waals surface area contributed by atoms with E-state index < -0.39 is 11.9 Å². The fraction of sp³-hybridized carbons (Fsp3) is 0.227. The topological polar surface area (TPSA) is 104 Å². The lowest BCUT2D eigenvalue weighted by atomic mass is 10.1. The molecule has 0 atom stereocenters. The first-order valence-electron chi connectivity index (χ1n) is 8.95. The van der Waals surface area contributed by atoms with Crippen LogP contribution in [0.4, 0.5) is 0 Å². The van der Waals surface area contributed by atoms with Crippen LogP contribution in [0.2, 0.25) is 0 Å². The van der Waals surface area contributed by atoms with E-state index in [1.807, 2.05) is 0 Å². The molecule has 2 aromatic rings. The summed E-state index contributed by atoms with van der Waals surface area (Å²) in [5.74, 6) is 0.242. The summed E-state index contributed by atoms with van der Waals surface area (Å²) in [6.45, 7) is 1.50. The van der Waals surface area contributed by atoms with Gasteiger partial charge in [-0.05, 0) is 55.0 Å². The first-order valence-corrected chi connectivity index (χ1v) is 8.95. The molecule has 0 aromatic heterocycles. The number of nitriles is 1. The number of esters is 2. The molecule has 0 fully saturated rings. The number of rotatable bonds is 9. The fourth-order valence-corrected chi connectivity index (χ4v) is 2.34. The van der Waals surface area contributed by atoms with Crippen LogP contribution in [0.15, 0.2) is 48.0 Å². The van der Waals surface area contributed by atoms with Crippen LogP contribution in [0.25, 0.3) is 6.08 Å². The zero-order chi connectivity index (χ0) is 21.9. The van der Waals surface area contributed by atoms with E-state index in [9.17, 15) is 9.59 Å².